The van der Waals surface area contributed by atoms with Crippen LogP contribution >= 0.6 is 0 Å². The van der Waals surface area contributed by atoms with Gasteiger partial charge in [0, 0.05) is 19.1 Å². The molecular weight excluding hydrogens is 214 g/mol. The number of carbonyl (C=O) groups is 1. The molecule has 0 bridgehead atoms. The number of halogens is 2. The van der Waals surface area contributed by atoms with E-state index in [2.05, 4.69) is 4.90 Å². The van der Waals surface area contributed by atoms with Crippen molar-refractivity contribution in [3.8, 4) is 0 Å². The molecule has 0 saturated carbocycles. The quantitative estimate of drug-likeness (QED) is 0.717. The minimum absolute atomic E-state index is 0.490. The molecule has 2 aliphatic heterocycles. The molecule has 3 nitrogen and oxygen atoms in total. The second-order valence-corrected chi connectivity index (χ2v) is 4.60. The summed E-state index contributed by atoms with van der Waals surface area (Å²) in [6, 6.07) is 0.504. The highest BCUT2D eigenvalue weighted by Crippen LogP contribution is 2.21. The average Bonchev–Trinajstić information content (AvgIpc) is 2.81. The van der Waals surface area contributed by atoms with Crippen LogP contribution in [0.2, 0.25) is 0 Å². The Morgan fingerprint density at radius 1 is 1.06 bits per heavy atom. The first-order valence-electron chi connectivity index (χ1n) is 5.99. The molecule has 92 valence electrons. The second kappa shape index (κ2) is 5.08. The molecule has 5 heteroatoms. The van der Waals surface area contributed by atoms with Gasteiger partial charge in [-0.2, -0.15) is 8.78 Å². The molecule has 0 atom stereocenters. The van der Waals surface area contributed by atoms with Gasteiger partial charge in [-0.3, -0.25) is 4.79 Å². The molecule has 1 amide bonds. The molecule has 0 unspecified atom stereocenters. The van der Waals surface area contributed by atoms with Gasteiger partial charge in [0.1, 0.15) is 0 Å². The Hall–Kier alpha value is -0.710. The average molecular weight is 232 g/mol. The van der Waals surface area contributed by atoms with Crippen LogP contribution < -0.4 is 0 Å². The number of nitrogens with zero attached hydrogens (tertiary/aromatic N) is 2. The zero-order chi connectivity index (χ0) is 11.5. The SMILES string of the molecule is O=C(C(F)F)N1CCC(N2CCCC2)CC1. The van der Waals surface area contributed by atoms with Gasteiger partial charge in [0.05, 0.1) is 0 Å². The fourth-order valence-electron chi connectivity index (χ4n) is 2.70. The van der Waals surface area contributed by atoms with Gasteiger partial charge in [-0.15, -0.1) is 0 Å². The molecule has 16 heavy (non-hydrogen) atoms. The van der Waals surface area contributed by atoms with Crippen LogP contribution in [0.4, 0.5) is 8.78 Å². The van der Waals surface area contributed by atoms with Crippen molar-refractivity contribution in [1.82, 2.24) is 9.80 Å². The lowest BCUT2D eigenvalue weighted by Gasteiger charge is -2.36. The van der Waals surface area contributed by atoms with Crippen molar-refractivity contribution >= 4 is 5.91 Å². The van der Waals surface area contributed by atoms with Gasteiger partial charge in [-0.05, 0) is 38.8 Å². The molecular formula is C11H18F2N2O. The molecule has 0 aliphatic carbocycles. The first-order chi connectivity index (χ1) is 7.68. The highest BCUT2D eigenvalue weighted by molar-refractivity contribution is 5.79. The number of carbonyl (C=O) groups excluding carboxylic acids is 1. The van der Waals surface area contributed by atoms with Crippen LogP contribution in [0.25, 0.3) is 0 Å². The van der Waals surface area contributed by atoms with Gasteiger partial charge in [-0.1, -0.05) is 0 Å². The summed E-state index contributed by atoms with van der Waals surface area (Å²) in [5.74, 6) is -1.00. The second-order valence-electron chi connectivity index (χ2n) is 4.60. The minimum Gasteiger partial charge on any atom is -0.338 e. The standard InChI is InChI=1S/C11H18F2N2O/c12-10(13)11(16)15-7-3-9(4-8-15)14-5-1-2-6-14/h9-10H,1-8H2. The molecule has 2 heterocycles. The molecule has 2 fully saturated rings. The van der Waals surface area contributed by atoms with Gasteiger partial charge in [0.25, 0.3) is 5.91 Å². The summed E-state index contributed by atoms with van der Waals surface area (Å²) in [5, 5.41) is 0. The van der Waals surface area contributed by atoms with E-state index in [0.717, 1.165) is 25.9 Å². The molecule has 0 aromatic rings. The summed E-state index contributed by atoms with van der Waals surface area (Å²) in [4.78, 5) is 14.8. The fourth-order valence-corrected chi connectivity index (χ4v) is 2.70. The zero-order valence-corrected chi connectivity index (χ0v) is 9.37. The van der Waals surface area contributed by atoms with E-state index < -0.39 is 12.3 Å². The van der Waals surface area contributed by atoms with Crippen molar-refractivity contribution in [3.63, 3.8) is 0 Å². The van der Waals surface area contributed by atoms with Crippen LogP contribution in [0.1, 0.15) is 25.7 Å². The van der Waals surface area contributed by atoms with Crippen LogP contribution in [0.5, 0.6) is 0 Å². The third-order valence-electron chi connectivity index (χ3n) is 3.62. The van der Waals surface area contributed by atoms with E-state index in [0.29, 0.717) is 19.1 Å². The molecule has 0 N–H and O–H groups in total. The third kappa shape index (κ3) is 2.51. The summed E-state index contributed by atoms with van der Waals surface area (Å²) in [7, 11) is 0. The van der Waals surface area contributed by atoms with Crippen LogP contribution in [0.15, 0.2) is 0 Å². The minimum atomic E-state index is -2.84. The molecule has 2 saturated heterocycles. The van der Waals surface area contributed by atoms with Crippen LogP contribution in [0.3, 0.4) is 0 Å². The summed E-state index contributed by atoms with van der Waals surface area (Å²) in [6.07, 6.45) is 1.34. The van der Waals surface area contributed by atoms with E-state index in [1.54, 1.807) is 0 Å². The zero-order valence-electron chi connectivity index (χ0n) is 9.37. The number of hydrogen-bond donors (Lipinski definition) is 0. The van der Waals surface area contributed by atoms with E-state index in [-0.39, 0.29) is 0 Å². The lowest BCUT2D eigenvalue weighted by atomic mass is 10.0. The fraction of sp³-hybridized carbons (Fsp3) is 0.909. The Morgan fingerprint density at radius 3 is 2.12 bits per heavy atom. The third-order valence-corrected chi connectivity index (χ3v) is 3.62. The van der Waals surface area contributed by atoms with Crippen molar-refractivity contribution in [2.75, 3.05) is 26.2 Å². The Morgan fingerprint density at radius 2 is 1.62 bits per heavy atom. The normalized spacial score (nSPS) is 24.3. The summed E-state index contributed by atoms with van der Waals surface area (Å²) >= 11 is 0. The Bertz CT molecular complexity index is 246. The predicted molar refractivity (Wildman–Crippen MR) is 56.4 cm³/mol. The predicted octanol–water partition coefficient (Wildman–Crippen LogP) is 1.34. The van der Waals surface area contributed by atoms with Gasteiger partial charge in [0.2, 0.25) is 0 Å². The van der Waals surface area contributed by atoms with E-state index in [9.17, 15) is 13.6 Å². The highest BCUT2D eigenvalue weighted by atomic mass is 19.3. The molecule has 0 aromatic carbocycles. The van der Waals surface area contributed by atoms with Crippen molar-refractivity contribution in [2.45, 2.75) is 38.2 Å². The highest BCUT2D eigenvalue weighted by Gasteiger charge is 2.30. The van der Waals surface area contributed by atoms with Crippen molar-refractivity contribution in [3.05, 3.63) is 0 Å². The number of likely N-dealkylation sites (tertiary alicyclic amines) is 2. The maximum atomic E-state index is 12.2. The molecule has 2 rings (SSSR count). The molecule has 0 aromatic heterocycles. The van der Waals surface area contributed by atoms with Crippen LogP contribution in [-0.2, 0) is 4.79 Å². The number of piperidine rings is 1. The monoisotopic (exact) mass is 232 g/mol. The van der Waals surface area contributed by atoms with Crippen molar-refractivity contribution in [1.29, 1.82) is 0 Å². The van der Waals surface area contributed by atoms with E-state index in [1.165, 1.54) is 17.7 Å². The lowest BCUT2D eigenvalue weighted by molar-refractivity contribution is -0.144. The molecule has 0 radical (unpaired) electrons. The summed E-state index contributed by atoms with van der Waals surface area (Å²) < 4.78 is 24.4. The van der Waals surface area contributed by atoms with Crippen molar-refractivity contribution in [2.24, 2.45) is 0 Å². The smallest absolute Gasteiger partial charge is 0.315 e. The van der Waals surface area contributed by atoms with Crippen LogP contribution in [-0.4, -0.2) is 54.4 Å². The molecule has 0 spiro atoms. The van der Waals surface area contributed by atoms with Gasteiger partial charge in [0.15, 0.2) is 0 Å². The maximum Gasteiger partial charge on any atom is 0.315 e. The number of hydrogen-bond acceptors (Lipinski definition) is 2. The maximum absolute atomic E-state index is 12.2. The van der Waals surface area contributed by atoms with Gasteiger partial charge >= 0.3 is 6.43 Å². The van der Waals surface area contributed by atoms with Crippen LogP contribution in [0, 0.1) is 0 Å². The van der Waals surface area contributed by atoms with E-state index in [1.807, 2.05) is 0 Å². The number of rotatable bonds is 2. The van der Waals surface area contributed by atoms with Gasteiger partial charge < -0.3 is 9.80 Å². The largest absolute Gasteiger partial charge is 0.338 e. The topological polar surface area (TPSA) is 23.6 Å². The summed E-state index contributed by atoms with van der Waals surface area (Å²) in [5.41, 5.74) is 0. The number of alkyl halides is 2. The Labute approximate surface area is 94.4 Å². The van der Waals surface area contributed by atoms with Gasteiger partial charge in [-0.25, -0.2) is 0 Å². The summed E-state index contributed by atoms with van der Waals surface area (Å²) in [6.45, 7) is 3.25. The Kier molecular flexibility index (Phi) is 3.74. The Balaban J connectivity index is 1.80. The van der Waals surface area contributed by atoms with E-state index >= 15 is 0 Å². The lowest BCUT2D eigenvalue weighted by Crippen LogP contribution is -2.47. The first kappa shape index (κ1) is 11.8. The van der Waals surface area contributed by atoms with Crippen molar-refractivity contribution < 1.29 is 13.6 Å². The van der Waals surface area contributed by atoms with E-state index in [4.69, 9.17) is 0 Å². The molecule has 2 aliphatic rings. The number of amides is 1. The first-order valence-corrected chi connectivity index (χ1v) is 5.99.